The summed E-state index contributed by atoms with van der Waals surface area (Å²) in [6, 6.07) is 8.02. The van der Waals surface area contributed by atoms with Gasteiger partial charge in [0.1, 0.15) is 11.8 Å². The minimum atomic E-state index is -0.618. The lowest BCUT2D eigenvalue weighted by Gasteiger charge is -2.10. The first-order valence-electron chi connectivity index (χ1n) is 7.08. The van der Waals surface area contributed by atoms with Gasteiger partial charge in [-0.15, -0.1) is 4.73 Å². The van der Waals surface area contributed by atoms with Crippen LogP contribution >= 0.6 is 0 Å². The van der Waals surface area contributed by atoms with E-state index >= 15 is 0 Å². The number of carbonyl (C=O) groups excluding carboxylic acids is 1. The summed E-state index contributed by atoms with van der Waals surface area (Å²) < 4.78 is 5.73. The van der Waals surface area contributed by atoms with Crippen LogP contribution in [0.3, 0.4) is 0 Å². The fourth-order valence-corrected chi connectivity index (χ4v) is 1.80. The van der Waals surface area contributed by atoms with Crippen molar-refractivity contribution < 1.29 is 19.2 Å². The molecule has 2 rings (SSSR count). The summed E-state index contributed by atoms with van der Waals surface area (Å²) in [5.74, 6) is 0.0809. The number of carbonyl (C=O) groups is 1. The van der Waals surface area contributed by atoms with Gasteiger partial charge in [0.25, 0.3) is 5.69 Å². The van der Waals surface area contributed by atoms with E-state index in [1.807, 2.05) is 13.8 Å². The molecule has 0 radical (unpaired) electrons. The number of anilines is 1. The molecule has 0 aliphatic carbocycles. The molecule has 2 aromatic rings. The normalized spacial score (nSPS) is 10.3. The van der Waals surface area contributed by atoms with Crippen LogP contribution in [0.2, 0.25) is 0 Å². The van der Waals surface area contributed by atoms with Gasteiger partial charge in [-0.3, -0.25) is 10.1 Å². The Hall–Kier alpha value is -3.36. The molecule has 2 N–H and O–H groups in total. The molecular formula is C15H16N4O5. The van der Waals surface area contributed by atoms with Crippen LogP contribution in [0.1, 0.15) is 13.8 Å². The van der Waals surface area contributed by atoms with Crippen LogP contribution in [0.4, 0.5) is 16.2 Å². The Morgan fingerprint density at radius 1 is 1.25 bits per heavy atom. The van der Waals surface area contributed by atoms with Crippen molar-refractivity contribution in [2.45, 2.75) is 19.9 Å². The van der Waals surface area contributed by atoms with Gasteiger partial charge in [0.15, 0.2) is 6.20 Å². The Morgan fingerprint density at radius 3 is 2.50 bits per heavy atom. The maximum atomic E-state index is 11.6. The van der Waals surface area contributed by atoms with E-state index in [9.17, 15) is 20.1 Å². The van der Waals surface area contributed by atoms with Gasteiger partial charge in [-0.25, -0.2) is 4.79 Å². The van der Waals surface area contributed by atoms with Crippen LogP contribution in [-0.2, 0) is 0 Å². The van der Waals surface area contributed by atoms with E-state index in [0.29, 0.717) is 16.2 Å². The minimum absolute atomic E-state index is 0.00831. The fourth-order valence-electron chi connectivity index (χ4n) is 1.80. The standard InChI is InChI=1S/C15H16N4O5/c1-10(2)16-15(20)17-11-3-5-13(6-4-11)24-14-9-12(19(22)23)7-8-18(14)21/h3-10H,1-2H3,(H2,16,17,20). The molecule has 0 unspecified atom stereocenters. The molecule has 0 aliphatic rings. The largest absolute Gasteiger partial charge is 0.616 e. The number of hydrogen-bond acceptors (Lipinski definition) is 5. The first-order valence-corrected chi connectivity index (χ1v) is 7.08. The van der Waals surface area contributed by atoms with E-state index in [0.717, 1.165) is 18.3 Å². The molecule has 24 heavy (non-hydrogen) atoms. The first kappa shape index (κ1) is 17.0. The molecule has 0 saturated carbocycles. The zero-order valence-corrected chi connectivity index (χ0v) is 13.1. The topological polar surface area (TPSA) is 120 Å². The van der Waals surface area contributed by atoms with Crippen molar-refractivity contribution in [3.05, 3.63) is 57.9 Å². The second-order valence-electron chi connectivity index (χ2n) is 5.19. The number of ether oxygens (including phenoxy) is 1. The van der Waals surface area contributed by atoms with Gasteiger partial charge in [-0.05, 0) is 38.1 Å². The Kier molecular flexibility index (Phi) is 5.15. The fraction of sp³-hybridized carbons (Fsp3) is 0.200. The van der Waals surface area contributed by atoms with Crippen molar-refractivity contribution in [3.8, 4) is 11.6 Å². The minimum Gasteiger partial charge on any atom is -0.616 e. The lowest BCUT2D eigenvalue weighted by atomic mass is 10.3. The number of urea groups is 1. The van der Waals surface area contributed by atoms with E-state index in [1.165, 1.54) is 12.1 Å². The molecule has 1 aromatic carbocycles. The Labute approximate surface area is 137 Å². The zero-order chi connectivity index (χ0) is 17.7. The number of benzene rings is 1. The van der Waals surface area contributed by atoms with Gasteiger partial charge >= 0.3 is 11.9 Å². The molecule has 0 aliphatic heterocycles. The third-order valence-electron chi connectivity index (χ3n) is 2.83. The predicted octanol–water partition coefficient (Wildman–Crippen LogP) is 2.55. The Balaban J connectivity index is 2.08. The maximum Gasteiger partial charge on any atom is 0.391 e. The smallest absolute Gasteiger partial charge is 0.391 e. The van der Waals surface area contributed by atoms with Gasteiger partial charge in [0.05, 0.1) is 11.0 Å². The molecule has 126 valence electrons. The quantitative estimate of drug-likeness (QED) is 0.377. The molecule has 0 atom stereocenters. The molecule has 0 fully saturated rings. The molecule has 9 heteroatoms. The lowest BCUT2D eigenvalue weighted by Crippen LogP contribution is -2.34. The van der Waals surface area contributed by atoms with Crippen LogP contribution in [0.5, 0.6) is 11.6 Å². The van der Waals surface area contributed by atoms with Crippen molar-refractivity contribution in [1.82, 2.24) is 5.32 Å². The molecule has 0 bridgehead atoms. The highest BCUT2D eigenvalue weighted by atomic mass is 16.6. The summed E-state index contributed by atoms with van der Waals surface area (Å²) in [5.41, 5.74) is 0.287. The highest BCUT2D eigenvalue weighted by Crippen LogP contribution is 2.23. The molecule has 1 heterocycles. The van der Waals surface area contributed by atoms with Crippen LogP contribution < -0.4 is 20.1 Å². The summed E-state index contributed by atoms with van der Waals surface area (Å²) in [5, 5.41) is 27.7. The Bertz CT molecular complexity index is 746. The van der Waals surface area contributed by atoms with Crippen molar-refractivity contribution >= 4 is 17.4 Å². The first-order chi connectivity index (χ1) is 11.3. The summed E-state index contributed by atoms with van der Waals surface area (Å²) in [6.45, 7) is 3.68. The zero-order valence-electron chi connectivity index (χ0n) is 13.1. The summed E-state index contributed by atoms with van der Waals surface area (Å²) in [7, 11) is 0. The van der Waals surface area contributed by atoms with Gasteiger partial charge < -0.3 is 20.6 Å². The lowest BCUT2D eigenvalue weighted by molar-refractivity contribution is -0.611. The highest BCUT2D eigenvalue weighted by molar-refractivity contribution is 5.89. The van der Waals surface area contributed by atoms with Crippen molar-refractivity contribution in [3.63, 3.8) is 0 Å². The average molecular weight is 332 g/mol. The molecule has 2 amide bonds. The number of pyridine rings is 1. The number of amides is 2. The van der Waals surface area contributed by atoms with Crippen molar-refractivity contribution in [2.24, 2.45) is 0 Å². The number of nitrogens with zero attached hydrogens (tertiary/aromatic N) is 2. The van der Waals surface area contributed by atoms with Crippen LogP contribution in [0.25, 0.3) is 0 Å². The molecular weight excluding hydrogens is 316 g/mol. The summed E-state index contributed by atoms with van der Waals surface area (Å²) in [4.78, 5) is 21.7. The molecule has 1 aromatic heterocycles. The number of hydrogen-bond donors (Lipinski definition) is 2. The second-order valence-corrected chi connectivity index (χ2v) is 5.19. The summed E-state index contributed by atoms with van der Waals surface area (Å²) in [6.07, 6.45) is 1.000. The SMILES string of the molecule is CC(C)NC(=O)Nc1ccc(Oc2cc([N+](=O)[O-])cc[n+]2[O-])cc1. The van der Waals surface area contributed by atoms with Crippen molar-refractivity contribution in [1.29, 1.82) is 0 Å². The van der Waals surface area contributed by atoms with Gasteiger partial charge in [-0.2, -0.15) is 0 Å². The Morgan fingerprint density at radius 2 is 1.92 bits per heavy atom. The third-order valence-corrected chi connectivity index (χ3v) is 2.83. The van der Waals surface area contributed by atoms with Crippen LogP contribution in [0, 0.1) is 15.3 Å². The molecule has 0 spiro atoms. The average Bonchev–Trinajstić information content (AvgIpc) is 2.50. The number of nitrogens with one attached hydrogen (secondary N) is 2. The van der Waals surface area contributed by atoms with E-state index in [4.69, 9.17) is 4.74 Å². The van der Waals surface area contributed by atoms with E-state index < -0.39 is 4.92 Å². The van der Waals surface area contributed by atoms with Crippen LogP contribution in [0.15, 0.2) is 42.6 Å². The monoisotopic (exact) mass is 332 g/mol. The van der Waals surface area contributed by atoms with E-state index in [-0.39, 0.29) is 23.6 Å². The highest BCUT2D eigenvalue weighted by Gasteiger charge is 2.16. The molecule has 9 nitrogen and oxygen atoms in total. The predicted molar refractivity (Wildman–Crippen MR) is 85.9 cm³/mol. The van der Waals surface area contributed by atoms with Gasteiger partial charge in [0.2, 0.25) is 0 Å². The molecule has 0 saturated heterocycles. The van der Waals surface area contributed by atoms with Crippen LogP contribution in [-0.4, -0.2) is 17.0 Å². The third kappa shape index (κ3) is 4.57. The number of rotatable bonds is 5. The van der Waals surface area contributed by atoms with Gasteiger partial charge in [0, 0.05) is 11.7 Å². The van der Waals surface area contributed by atoms with E-state index in [1.54, 1.807) is 12.1 Å². The van der Waals surface area contributed by atoms with Gasteiger partial charge in [-0.1, -0.05) is 0 Å². The maximum absolute atomic E-state index is 11.6. The second kappa shape index (κ2) is 7.27. The summed E-state index contributed by atoms with van der Waals surface area (Å²) >= 11 is 0. The van der Waals surface area contributed by atoms with Crippen molar-refractivity contribution in [2.75, 3.05) is 5.32 Å². The number of nitro groups is 1. The van der Waals surface area contributed by atoms with E-state index in [2.05, 4.69) is 10.6 Å². The number of aromatic nitrogens is 1.